The summed E-state index contributed by atoms with van der Waals surface area (Å²) < 4.78 is 24.5. The van der Waals surface area contributed by atoms with Gasteiger partial charge in [0.15, 0.2) is 11.5 Å². The third kappa shape index (κ3) is 3.41. The molecule has 2 rings (SSSR count). The van der Waals surface area contributed by atoms with Crippen molar-refractivity contribution in [3.05, 3.63) is 54.3 Å². The standard InChI is InChI=1S/C16H18FNO2/c1-18(14-8-4-3-7-13(14)17)11-12-20-16-10-6-5-9-15(16)19-2/h3-10H,11-12H2,1-2H3. The third-order valence-electron chi connectivity index (χ3n) is 3.02. The van der Waals surface area contributed by atoms with Gasteiger partial charge in [-0.15, -0.1) is 0 Å². The van der Waals surface area contributed by atoms with Crippen molar-refractivity contribution < 1.29 is 13.9 Å². The molecule has 0 saturated carbocycles. The molecule has 0 radical (unpaired) electrons. The van der Waals surface area contributed by atoms with E-state index in [1.807, 2.05) is 42.3 Å². The van der Waals surface area contributed by atoms with Crippen molar-refractivity contribution in [2.24, 2.45) is 0 Å². The van der Waals surface area contributed by atoms with Gasteiger partial charge in [-0.25, -0.2) is 4.39 Å². The summed E-state index contributed by atoms with van der Waals surface area (Å²) in [5, 5.41) is 0. The Labute approximate surface area is 118 Å². The second kappa shape index (κ2) is 6.80. The Balaban J connectivity index is 1.91. The number of ether oxygens (including phenoxy) is 2. The first-order chi connectivity index (χ1) is 9.72. The fraction of sp³-hybridized carbons (Fsp3) is 0.250. The first-order valence-corrected chi connectivity index (χ1v) is 6.44. The minimum atomic E-state index is -0.229. The lowest BCUT2D eigenvalue weighted by atomic mass is 10.3. The molecule has 20 heavy (non-hydrogen) atoms. The van der Waals surface area contributed by atoms with Crippen LogP contribution < -0.4 is 14.4 Å². The maximum absolute atomic E-state index is 13.6. The normalized spacial score (nSPS) is 10.2. The molecule has 0 amide bonds. The maximum Gasteiger partial charge on any atom is 0.161 e. The molecule has 0 unspecified atom stereocenters. The first-order valence-electron chi connectivity index (χ1n) is 6.44. The van der Waals surface area contributed by atoms with Crippen molar-refractivity contribution in [2.45, 2.75) is 0 Å². The Morgan fingerprint density at radius 2 is 1.65 bits per heavy atom. The van der Waals surface area contributed by atoms with Gasteiger partial charge in [0, 0.05) is 7.05 Å². The molecule has 0 aliphatic carbocycles. The lowest BCUT2D eigenvalue weighted by Gasteiger charge is -2.20. The van der Waals surface area contributed by atoms with Gasteiger partial charge in [0.2, 0.25) is 0 Å². The molecule has 0 saturated heterocycles. The number of methoxy groups -OCH3 is 1. The second-order valence-corrected chi connectivity index (χ2v) is 4.37. The zero-order valence-corrected chi connectivity index (χ0v) is 11.7. The molecule has 0 aliphatic heterocycles. The highest BCUT2D eigenvalue weighted by atomic mass is 19.1. The molecule has 0 fully saturated rings. The Bertz CT molecular complexity index is 560. The van der Waals surface area contributed by atoms with Crippen LogP contribution in [0.4, 0.5) is 10.1 Å². The van der Waals surface area contributed by atoms with E-state index in [0.29, 0.717) is 30.3 Å². The van der Waals surface area contributed by atoms with Crippen LogP contribution in [0.1, 0.15) is 0 Å². The summed E-state index contributed by atoms with van der Waals surface area (Å²) in [5.41, 5.74) is 0.566. The van der Waals surface area contributed by atoms with Crippen molar-refractivity contribution >= 4 is 5.69 Å². The second-order valence-electron chi connectivity index (χ2n) is 4.37. The fourth-order valence-electron chi connectivity index (χ4n) is 1.91. The van der Waals surface area contributed by atoms with Crippen molar-refractivity contribution in [3.63, 3.8) is 0 Å². The van der Waals surface area contributed by atoms with Crippen LogP contribution in [0.3, 0.4) is 0 Å². The zero-order chi connectivity index (χ0) is 14.4. The van der Waals surface area contributed by atoms with Crippen LogP contribution in [0, 0.1) is 5.82 Å². The van der Waals surface area contributed by atoms with Gasteiger partial charge in [0.05, 0.1) is 19.3 Å². The summed E-state index contributed by atoms with van der Waals surface area (Å²) in [5.74, 6) is 1.16. The quantitative estimate of drug-likeness (QED) is 0.807. The van der Waals surface area contributed by atoms with Crippen LogP contribution in [0.15, 0.2) is 48.5 Å². The highest BCUT2D eigenvalue weighted by Crippen LogP contribution is 2.25. The largest absolute Gasteiger partial charge is 0.493 e. The Hall–Kier alpha value is -2.23. The average molecular weight is 275 g/mol. The van der Waals surface area contributed by atoms with Gasteiger partial charge in [0.25, 0.3) is 0 Å². The van der Waals surface area contributed by atoms with Crippen molar-refractivity contribution in [3.8, 4) is 11.5 Å². The van der Waals surface area contributed by atoms with Gasteiger partial charge in [-0.2, -0.15) is 0 Å². The Morgan fingerprint density at radius 1 is 1.00 bits per heavy atom. The SMILES string of the molecule is COc1ccccc1OCCN(C)c1ccccc1F. The van der Waals surface area contributed by atoms with Crippen LogP contribution >= 0.6 is 0 Å². The summed E-state index contributed by atoms with van der Waals surface area (Å²) in [7, 11) is 3.44. The molecule has 2 aromatic carbocycles. The number of likely N-dealkylation sites (N-methyl/N-ethyl adjacent to an activating group) is 1. The first kappa shape index (κ1) is 14.2. The minimum Gasteiger partial charge on any atom is -0.493 e. The summed E-state index contributed by atoms with van der Waals surface area (Å²) in [6.45, 7) is 1.03. The molecule has 0 aromatic heterocycles. The van der Waals surface area contributed by atoms with E-state index in [9.17, 15) is 4.39 Å². The van der Waals surface area contributed by atoms with Crippen LogP contribution in [0.5, 0.6) is 11.5 Å². The Morgan fingerprint density at radius 3 is 2.35 bits per heavy atom. The molecule has 106 valence electrons. The predicted octanol–water partition coefficient (Wildman–Crippen LogP) is 3.35. The number of hydrogen-bond donors (Lipinski definition) is 0. The van der Waals surface area contributed by atoms with E-state index >= 15 is 0 Å². The van der Waals surface area contributed by atoms with E-state index in [1.165, 1.54) is 6.07 Å². The monoisotopic (exact) mass is 275 g/mol. The van der Waals surface area contributed by atoms with Crippen molar-refractivity contribution in [2.75, 3.05) is 32.2 Å². The van der Waals surface area contributed by atoms with E-state index in [-0.39, 0.29) is 5.82 Å². The van der Waals surface area contributed by atoms with Gasteiger partial charge >= 0.3 is 0 Å². The van der Waals surface area contributed by atoms with Crippen LogP contribution in [-0.2, 0) is 0 Å². The minimum absolute atomic E-state index is 0.229. The smallest absolute Gasteiger partial charge is 0.161 e. The van der Waals surface area contributed by atoms with Crippen LogP contribution in [0.25, 0.3) is 0 Å². The number of benzene rings is 2. The van der Waals surface area contributed by atoms with Crippen LogP contribution in [-0.4, -0.2) is 27.3 Å². The van der Waals surface area contributed by atoms with Gasteiger partial charge in [0.1, 0.15) is 12.4 Å². The van der Waals surface area contributed by atoms with E-state index in [1.54, 1.807) is 19.2 Å². The molecule has 0 heterocycles. The van der Waals surface area contributed by atoms with Gasteiger partial charge < -0.3 is 14.4 Å². The maximum atomic E-state index is 13.6. The van der Waals surface area contributed by atoms with Crippen molar-refractivity contribution in [1.82, 2.24) is 0 Å². The van der Waals surface area contributed by atoms with Crippen molar-refractivity contribution in [1.29, 1.82) is 0 Å². The summed E-state index contributed by atoms with van der Waals surface area (Å²) in [6, 6.07) is 14.2. The van der Waals surface area contributed by atoms with E-state index in [2.05, 4.69) is 0 Å². The summed E-state index contributed by atoms with van der Waals surface area (Å²) in [6.07, 6.45) is 0. The molecular formula is C16H18FNO2. The summed E-state index contributed by atoms with van der Waals surface area (Å²) >= 11 is 0. The number of halogens is 1. The van der Waals surface area contributed by atoms with E-state index < -0.39 is 0 Å². The lowest BCUT2D eigenvalue weighted by Crippen LogP contribution is -2.24. The zero-order valence-electron chi connectivity index (χ0n) is 11.7. The average Bonchev–Trinajstić information content (AvgIpc) is 2.48. The number of nitrogens with zero attached hydrogens (tertiary/aromatic N) is 1. The third-order valence-corrected chi connectivity index (χ3v) is 3.02. The molecule has 0 bridgehead atoms. The summed E-state index contributed by atoms with van der Waals surface area (Å²) in [4.78, 5) is 1.82. The molecule has 2 aromatic rings. The topological polar surface area (TPSA) is 21.7 Å². The van der Waals surface area contributed by atoms with Gasteiger partial charge in [-0.3, -0.25) is 0 Å². The molecular weight excluding hydrogens is 257 g/mol. The van der Waals surface area contributed by atoms with Gasteiger partial charge in [-0.05, 0) is 24.3 Å². The number of hydrogen-bond acceptors (Lipinski definition) is 3. The molecule has 4 heteroatoms. The molecule has 0 atom stereocenters. The highest BCUT2D eigenvalue weighted by molar-refractivity contribution is 5.46. The molecule has 0 aliphatic rings. The van der Waals surface area contributed by atoms with E-state index in [0.717, 1.165) is 0 Å². The molecule has 0 spiro atoms. The predicted molar refractivity (Wildman–Crippen MR) is 78.2 cm³/mol. The van der Waals surface area contributed by atoms with E-state index in [4.69, 9.17) is 9.47 Å². The highest BCUT2D eigenvalue weighted by Gasteiger charge is 2.07. The number of rotatable bonds is 6. The van der Waals surface area contributed by atoms with Gasteiger partial charge in [-0.1, -0.05) is 24.3 Å². The number of para-hydroxylation sites is 3. The number of anilines is 1. The lowest BCUT2D eigenvalue weighted by molar-refractivity contribution is 0.300. The molecule has 0 N–H and O–H groups in total. The fourth-order valence-corrected chi connectivity index (χ4v) is 1.91. The molecule has 3 nitrogen and oxygen atoms in total. The Kier molecular flexibility index (Phi) is 4.82. The van der Waals surface area contributed by atoms with Crippen LogP contribution in [0.2, 0.25) is 0 Å².